The smallest absolute Gasteiger partial charge is 0.325 e. The van der Waals surface area contributed by atoms with Crippen molar-refractivity contribution in [1.82, 2.24) is 0 Å². The molecule has 1 rings (SSSR count). The van der Waals surface area contributed by atoms with E-state index in [0.717, 1.165) is 0 Å². The summed E-state index contributed by atoms with van der Waals surface area (Å²) >= 11 is 0. The fourth-order valence-corrected chi connectivity index (χ4v) is 0.990. The van der Waals surface area contributed by atoms with E-state index in [0.29, 0.717) is 11.3 Å². The van der Waals surface area contributed by atoms with Crippen LogP contribution in [0.2, 0.25) is 0 Å². The molecule has 0 saturated carbocycles. The molecule has 1 aromatic rings. The minimum absolute atomic E-state index is 0.507. The summed E-state index contributed by atoms with van der Waals surface area (Å²) in [5, 5.41) is 20.0. The number of anilines is 1. The van der Waals surface area contributed by atoms with Crippen LogP contribution < -0.4 is 5.32 Å². The van der Waals surface area contributed by atoms with Crippen molar-refractivity contribution in [3.8, 4) is 6.07 Å². The van der Waals surface area contributed by atoms with Crippen LogP contribution in [-0.2, 0) is 4.79 Å². The van der Waals surface area contributed by atoms with Gasteiger partial charge in [-0.2, -0.15) is 5.26 Å². The number of benzene rings is 1. The van der Waals surface area contributed by atoms with Crippen LogP contribution in [-0.4, -0.2) is 17.1 Å². The molecule has 2 N–H and O–H groups in total. The zero-order valence-corrected chi connectivity index (χ0v) is 7.69. The predicted molar refractivity (Wildman–Crippen MR) is 51.9 cm³/mol. The Balaban J connectivity index is 2.78. The monoisotopic (exact) mass is 190 g/mol. The first-order valence-electron chi connectivity index (χ1n) is 4.13. The molecule has 0 heterocycles. The fraction of sp³-hybridized carbons (Fsp3) is 0.200. The third kappa shape index (κ3) is 2.49. The second-order valence-corrected chi connectivity index (χ2v) is 2.90. The summed E-state index contributed by atoms with van der Waals surface area (Å²) in [6.45, 7) is 1.54. The molecule has 0 saturated heterocycles. The number of hydrogen-bond acceptors (Lipinski definition) is 3. The third-order valence-corrected chi connectivity index (χ3v) is 1.75. The molecule has 0 radical (unpaired) electrons. The molecule has 0 spiro atoms. The van der Waals surface area contributed by atoms with E-state index in [4.69, 9.17) is 10.4 Å². The summed E-state index contributed by atoms with van der Waals surface area (Å²) in [7, 11) is 0. The molecule has 1 aromatic carbocycles. The summed E-state index contributed by atoms with van der Waals surface area (Å²) < 4.78 is 0. The van der Waals surface area contributed by atoms with Crippen LogP contribution in [0.1, 0.15) is 12.5 Å². The van der Waals surface area contributed by atoms with Crippen molar-refractivity contribution in [2.45, 2.75) is 13.0 Å². The lowest BCUT2D eigenvalue weighted by molar-refractivity contribution is -0.137. The molecule has 0 unspecified atom stereocenters. The zero-order valence-electron chi connectivity index (χ0n) is 7.69. The van der Waals surface area contributed by atoms with Crippen LogP contribution in [0, 0.1) is 11.3 Å². The third-order valence-electron chi connectivity index (χ3n) is 1.75. The van der Waals surface area contributed by atoms with Gasteiger partial charge in [0.15, 0.2) is 0 Å². The van der Waals surface area contributed by atoms with Crippen molar-refractivity contribution in [2.24, 2.45) is 0 Å². The highest BCUT2D eigenvalue weighted by atomic mass is 16.4. The molecule has 0 amide bonds. The molecule has 0 aliphatic rings. The number of carbonyl (C=O) groups is 1. The SMILES string of the molecule is C[C@@H](Nc1cccc(C#N)c1)C(=O)O. The molecule has 0 bridgehead atoms. The van der Waals surface area contributed by atoms with Crippen molar-refractivity contribution in [2.75, 3.05) is 5.32 Å². The van der Waals surface area contributed by atoms with Crippen LogP contribution in [0.5, 0.6) is 0 Å². The highest BCUT2D eigenvalue weighted by Crippen LogP contribution is 2.10. The minimum atomic E-state index is -0.924. The van der Waals surface area contributed by atoms with Crippen LogP contribution >= 0.6 is 0 Å². The van der Waals surface area contributed by atoms with Gasteiger partial charge in [-0.25, -0.2) is 0 Å². The van der Waals surface area contributed by atoms with E-state index in [9.17, 15) is 4.79 Å². The van der Waals surface area contributed by atoms with Crippen molar-refractivity contribution < 1.29 is 9.90 Å². The number of hydrogen-bond donors (Lipinski definition) is 2. The molecule has 4 nitrogen and oxygen atoms in total. The van der Waals surface area contributed by atoms with Gasteiger partial charge >= 0.3 is 5.97 Å². The van der Waals surface area contributed by atoms with Crippen LogP contribution in [0.25, 0.3) is 0 Å². The molecule has 1 atom stereocenters. The van der Waals surface area contributed by atoms with Gasteiger partial charge in [-0.3, -0.25) is 4.79 Å². The number of aliphatic carboxylic acids is 1. The summed E-state index contributed by atoms with van der Waals surface area (Å²) in [4.78, 5) is 10.5. The summed E-state index contributed by atoms with van der Waals surface area (Å²) in [6.07, 6.45) is 0. The summed E-state index contributed by atoms with van der Waals surface area (Å²) in [5.41, 5.74) is 1.14. The maximum atomic E-state index is 10.5. The van der Waals surface area contributed by atoms with Crippen molar-refractivity contribution in [3.05, 3.63) is 29.8 Å². The maximum absolute atomic E-state index is 10.5. The van der Waals surface area contributed by atoms with Gasteiger partial charge in [-0.05, 0) is 25.1 Å². The van der Waals surface area contributed by atoms with E-state index in [2.05, 4.69) is 5.32 Å². The van der Waals surface area contributed by atoms with Gasteiger partial charge in [-0.15, -0.1) is 0 Å². The number of carboxylic acid groups (broad SMARTS) is 1. The van der Waals surface area contributed by atoms with Crippen LogP contribution in [0.15, 0.2) is 24.3 Å². The van der Waals surface area contributed by atoms with Crippen LogP contribution in [0.4, 0.5) is 5.69 Å². The minimum Gasteiger partial charge on any atom is -0.480 e. The average Bonchev–Trinajstić information content (AvgIpc) is 2.18. The Labute approximate surface area is 81.8 Å². The van der Waals surface area contributed by atoms with E-state index in [1.807, 2.05) is 6.07 Å². The first-order valence-corrected chi connectivity index (χ1v) is 4.13. The lowest BCUT2D eigenvalue weighted by Gasteiger charge is -2.10. The first kappa shape index (κ1) is 10.1. The molecule has 0 fully saturated rings. The Morgan fingerprint density at radius 3 is 2.93 bits per heavy atom. The number of carboxylic acids is 1. The number of rotatable bonds is 3. The highest BCUT2D eigenvalue weighted by molar-refractivity contribution is 5.76. The molecular weight excluding hydrogens is 180 g/mol. The predicted octanol–water partition coefficient (Wildman–Crippen LogP) is 1.44. The molecule has 14 heavy (non-hydrogen) atoms. The van der Waals surface area contributed by atoms with E-state index in [1.165, 1.54) is 0 Å². The molecule has 0 aliphatic carbocycles. The van der Waals surface area contributed by atoms with E-state index in [-0.39, 0.29) is 0 Å². The van der Waals surface area contributed by atoms with Crippen molar-refractivity contribution in [1.29, 1.82) is 5.26 Å². The van der Waals surface area contributed by atoms with E-state index in [1.54, 1.807) is 31.2 Å². The Bertz CT molecular complexity index is 382. The Hall–Kier alpha value is -2.02. The largest absolute Gasteiger partial charge is 0.480 e. The highest BCUT2D eigenvalue weighted by Gasteiger charge is 2.09. The quantitative estimate of drug-likeness (QED) is 0.756. The van der Waals surface area contributed by atoms with Gasteiger partial charge in [0.1, 0.15) is 6.04 Å². The van der Waals surface area contributed by atoms with E-state index >= 15 is 0 Å². The summed E-state index contributed by atoms with van der Waals surface area (Å²) in [5.74, 6) is -0.924. The number of nitrogens with one attached hydrogen (secondary N) is 1. The lowest BCUT2D eigenvalue weighted by atomic mass is 10.2. The topological polar surface area (TPSA) is 73.1 Å². The zero-order chi connectivity index (χ0) is 10.6. The second-order valence-electron chi connectivity index (χ2n) is 2.90. The molecule has 4 heteroatoms. The van der Waals surface area contributed by atoms with Crippen LogP contribution in [0.3, 0.4) is 0 Å². The standard InChI is InChI=1S/C10H10N2O2/c1-7(10(13)14)12-9-4-2-3-8(5-9)6-11/h2-5,7,12H,1H3,(H,13,14)/t7-/m1/s1. The van der Waals surface area contributed by atoms with E-state index < -0.39 is 12.0 Å². The summed E-state index contributed by atoms with van der Waals surface area (Å²) in [6, 6.07) is 8.02. The van der Waals surface area contributed by atoms with Crippen molar-refractivity contribution in [3.63, 3.8) is 0 Å². The molecule has 72 valence electrons. The second kappa shape index (κ2) is 4.28. The Morgan fingerprint density at radius 1 is 1.64 bits per heavy atom. The average molecular weight is 190 g/mol. The Morgan fingerprint density at radius 2 is 2.36 bits per heavy atom. The first-order chi connectivity index (χ1) is 6.63. The number of nitrogens with zero attached hydrogens (tertiary/aromatic N) is 1. The molecule has 0 aliphatic heterocycles. The van der Waals surface area contributed by atoms with Gasteiger partial charge in [0, 0.05) is 5.69 Å². The van der Waals surface area contributed by atoms with Gasteiger partial charge < -0.3 is 10.4 Å². The van der Waals surface area contributed by atoms with Gasteiger partial charge in [-0.1, -0.05) is 6.07 Å². The Kier molecular flexibility index (Phi) is 3.08. The van der Waals surface area contributed by atoms with Crippen molar-refractivity contribution >= 4 is 11.7 Å². The molecule has 0 aromatic heterocycles. The van der Waals surface area contributed by atoms with Gasteiger partial charge in [0.05, 0.1) is 11.6 Å². The van der Waals surface area contributed by atoms with Gasteiger partial charge in [0.25, 0.3) is 0 Å². The lowest BCUT2D eigenvalue weighted by Crippen LogP contribution is -2.25. The van der Waals surface area contributed by atoms with Gasteiger partial charge in [0.2, 0.25) is 0 Å². The maximum Gasteiger partial charge on any atom is 0.325 e. The fourth-order valence-electron chi connectivity index (χ4n) is 0.990. The normalized spacial score (nSPS) is 11.4. The number of nitriles is 1. The molecular formula is C10H10N2O2.